The van der Waals surface area contributed by atoms with E-state index >= 15 is 0 Å². The maximum Gasteiger partial charge on any atom is 0.416 e. The number of aryl methyl sites for hydroxylation is 1. The van der Waals surface area contributed by atoms with Crippen molar-refractivity contribution in [1.29, 1.82) is 0 Å². The Kier molecular flexibility index (Phi) is 8.39. The molecule has 1 saturated heterocycles. The van der Waals surface area contributed by atoms with Gasteiger partial charge in [0.15, 0.2) is 0 Å². The predicted octanol–water partition coefficient (Wildman–Crippen LogP) is 7.24. The van der Waals surface area contributed by atoms with Gasteiger partial charge in [-0.2, -0.15) is 13.2 Å². The lowest BCUT2D eigenvalue weighted by atomic mass is 10.0. The van der Waals surface area contributed by atoms with Crippen molar-refractivity contribution in [2.24, 2.45) is 0 Å². The number of imidazole rings is 1. The first kappa shape index (κ1) is 28.4. The van der Waals surface area contributed by atoms with Gasteiger partial charge in [0.2, 0.25) is 0 Å². The molecule has 0 atom stereocenters. The highest BCUT2D eigenvalue weighted by Crippen LogP contribution is 2.31. The van der Waals surface area contributed by atoms with Gasteiger partial charge >= 0.3 is 12.2 Å². The number of aromatic nitrogens is 2. The average molecular weight is 566 g/mol. The highest BCUT2D eigenvalue weighted by Gasteiger charge is 2.31. The third-order valence-electron chi connectivity index (χ3n) is 7.39. The Labute approximate surface area is 236 Å². The van der Waals surface area contributed by atoms with Crippen LogP contribution in [0.5, 0.6) is 0 Å². The van der Waals surface area contributed by atoms with Gasteiger partial charge in [0.25, 0.3) is 0 Å². The van der Waals surface area contributed by atoms with Crippen LogP contribution < -0.4 is 5.32 Å². The van der Waals surface area contributed by atoms with Crippen LogP contribution in [0.2, 0.25) is 0 Å². The Morgan fingerprint density at radius 2 is 1.66 bits per heavy atom. The van der Waals surface area contributed by atoms with Gasteiger partial charge in [-0.3, -0.25) is 4.90 Å². The van der Waals surface area contributed by atoms with Crippen molar-refractivity contribution in [2.75, 3.05) is 18.4 Å². The van der Waals surface area contributed by atoms with Gasteiger partial charge in [0, 0.05) is 49.2 Å². The standard InChI is InChI=1S/C31H31F4N5O/c1-21-28(38-29(36-21)23-7-9-24(10-8-23)31(33,34)35)20-39-17-15-27(16-18-39)40(19-22-5-3-2-4-6-22)30(41)37-26-13-11-25(32)12-14-26/h2-14,27H,15-20H2,1H3,(H,36,38)(H,37,41). The minimum absolute atomic E-state index is 0.00916. The maximum absolute atomic E-state index is 13.4. The number of amides is 2. The fourth-order valence-corrected chi connectivity index (χ4v) is 5.08. The third kappa shape index (κ3) is 7.13. The summed E-state index contributed by atoms with van der Waals surface area (Å²) in [6.07, 6.45) is -2.86. The molecule has 0 radical (unpaired) electrons. The smallest absolute Gasteiger partial charge is 0.342 e. The predicted molar refractivity (Wildman–Crippen MR) is 149 cm³/mol. The van der Waals surface area contributed by atoms with Crippen LogP contribution in [0.4, 0.5) is 28.0 Å². The molecule has 1 aliphatic heterocycles. The molecule has 4 aromatic rings. The molecule has 2 heterocycles. The first-order chi connectivity index (χ1) is 19.7. The van der Waals surface area contributed by atoms with Crippen LogP contribution in [-0.4, -0.2) is 44.9 Å². The first-order valence-electron chi connectivity index (χ1n) is 13.5. The van der Waals surface area contributed by atoms with Crippen molar-refractivity contribution in [3.05, 3.63) is 107 Å². The van der Waals surface area contributed by atoms with Crippen LogP contribution in [0.15, 0.2) is 78.9 Å². The Hall–Kier alpha value is -4.18. The number of anilines is 1. The van der Waals surface area contributed by atoms with Gasteiger partial charge in [-0.15, -0.1) is 0 Å². The molecule has 0 saturated carbocycles. The van der Waals surface area contributed by atoms with E-state index in [4.69, 9.17) is 0 Å². The lowest BCUT2D eigenvalue weighted by Gasteiger charge is -2.38. The number of hydrogen-bond acceptors (Lipinski definition) is 3. The molecule has 214 valence electrons. The number of carbonyl (C=O) groups is 1. The summed E-state index contributed by atoms with van der Waals surface area (Å²) in [4.78, 5) is 25.4. The fourth-order valence-electron chi connectivity index (χ4n) is 5.08. The Bertz CT molecular complexity index is 1440. The molecule has 1 fully saturated rings. The molecule has 0 bridgehead atoms. The second kappa shape index (κ2) is 12.1. The molecule has 41 heavy (non-hydrogen) atoms. The molecule has 0 aliphatic carbocycles. The zero-order valence-corrected chi connectivity index (χ0v) is 22.6. The Balaban J connectivity index is 1.23. The van der Waals surface area contributed by atoms with E-state index < -0.39 is 11.7 Å². The molecule has 10 heteroatoms. The second-order valence-corrected chi connectivity index (χ2v) is 10.3. The van der Waals surface area contributed by atoms with Gasteiger partial charge in [0.05, 0.1) is 11.3 Å². The summed E-state index contributed by atoms with van der Waals surface area (Å²) in [5, 5.41) is 2.91. The van der Waals surface area contributed by atoms with E-state index in [0.29, 0.717) is 30.2 Å². The lowest BCUT2D eigenvalue weighted by molar-refractivity contribution is -0.137. The summed E-state index contributed by atoms with van der Waals surface area (Å²) in [6, 6.07) is 20.3. The van der Waals surface area contributed by atoms with E-state index in [-0.39, 0.29) is 17.9 Å². The number of carbonyl (C=O) groups excluding carboxylic acids is 1. The topological polar surface area (TPSA) is 64.3 Å². The van der Waals surface area contributed by atoms with Crippen molar-refractivity contribution in [3.8, 4) is 11.4 Å². The van der Waals surface area contributed by atoms with E-state index in [2.05, 4.69) is 20.2 Å². The molecule has 2 amide bonds. The zero-order chi connectivity index (χ0) is 29.0. The number of benzene rings is 3. The minimum Gasteiger partial charge on any atom is -0.342 e. The van der Waals surface area contributed by atoms with E-state index in [1.165, 1.54) is 24.3 Å². The van der Waals surface area contributed by atoms with Crippen LogP contribution in [0.25, 0.3) is 11.4 Å². The van der Waals surface area contributed by atoms with Gasteiger partial charge in [-0.25, -0.2) is 14.2 Å². The molecule has 2 N–H and O–H groups in total. The summed E-state index contributed by atoms with van der Waals surface area (Å²) in [5.74, 6) is 0.169. The van der Waals surface area contributed by atoms with Crippen molar-refractivity contribution in [2.45, 2.75) is 45.1 Å². The number of nitrogens with zero attached hydrogens (tertiary/aromatic N) is 3. The molecule has 0 spiro atoms. The van der Waals surface area contributed by atoms with Gasteiger partial charge in [0.1, 0.15) is 11.6 Å². The van der Waals surface area contributed by atoms with Crippen molar-refractivity contribution < 1.29 is 22.4 Å². The SMILES string of the molecule is Cc1[nH]c(-c2ccc(C(F)(F)F)cc2)nc1CN1CCC(N(Cc2ccccc2)C(=O)Nc2ccc(F)cc2)CC1. The van der Waals surface area contributed by atoms with Gasteiger partial charge < -0.3 is 15.2 Å². The zero-order valence-electron chi connectivity index (χ0n) is 22.6. The van der Waals surface area contributed by atoms with E-state index in [1.807, 2.05) is 42.2 Å². The normalized spacial score (nSPS) is 14.7. The highest BCUT2D eigenvalue weighted by atomic mass is 19.4. The molecule has 1 aliphatic rings. The summed E-state index contributed by atoms with van der Waals surface area (Å²) in [6.45, 7) is 4.46. The lowest BCUT2D eigenvalue weighted by Crippen LogP contribution is -2.48. The van der Waals surface area contributed by atoms with Gasteiger partial charge in [-0.1, -0.05) is 42.5 Å². The molecular formula is C31H31F4N5O. The number of nitrogens with one attached hydrogen (secondary N) is 2. The Morgan fingerprint density at radius 1 is 1.00 bits per heavy atom. The minimum atomic E-state index is -4.38. The number of rotatable bonds is 7. The van der Waals surface area contributed by atoms with Crippen LogP contribution in [0.1, 0.15) is 35.4 Å². The molecule has 3 aromatic carbocycles. The first-order valence-corrected chi connectivity index (χ1v) is 13.5. The summed E-state index contributed by atoms with van der Waals surface area (Å²) in [7, 11) is 0. The number of halogens is 4. The molecular weight excluding hydrogens is 534 g/mol. The number of urea groups is 1. The number of hydrogen-bond donors (Lipinski definition) is 2. The van der Waals surface area contributed by atoms with E-state index in [9.17, 15) is 22.4 Å². The molecule has 0 unspecified atom stereocenters. The second-order valence-electron chi connectivity index (χ2n) is 10.3. The summed E-state index contributed by atoms with van der Waals surface area (Å²) in [5.41, 5.74) is 3.16. The quantitative estimate of drug-likeness (QED) is 0.232. The van der Waals surface area contributed by atoms with E-state index in [0.717, 1.165) is 55.0 Å². The van der Waals surface area contributed by atoms with Gasteiger partial charge in [-0.05, 0) is 61.7 Å². The van der Waals surface area contributed by atoms with E-state index in [1.54, 1.807) is 12.1 Å². The number of piperidine rings is 1. The number of aromatic amines is 1. The highest BCUT2D eigenvalue weighted by molar-refractivity contribution is 5.89. The van der Waals surface area contributed by atoms with Crippen LogP contribution >= 0.6 is 0 Å². The monoisotopic (exact) mass is 565 g/mol. The molecule has 1 aromatic heterocycles. The van der Waals surface area contributed by atoms with Crippen LogP contribution in [0, 0.1) is 12.7 Å². The van der Waals surface area contributed by atoms with Crippen LogP contribution in [0.3, 0.4) is 0 Å². The number of likely N-dealkylation sites (tertiary alicyclic amines) is 1. The van der Waals surface area contributed by atoms with Crippen molar-refractivity contribution >= 4 is 11.7 Å². The largest absolute Gasteiger partial charge is 0.416 e. The Morgan fingerprint density at radius 3 is 2.29 bits per heavy atom. The van der Waals surface area contributed by atoms with Crippen molar-refractivity contribution in [3.63, 3.8) is 0 Å². The maximum atomic E-state index is 13.4. The molecule has 6 nitrogen and oxygen atoms in total. The van der Waals surface area contributed by atoms with Crippen LogP contribution in [-0.2, 0) is 19.3 Å². The summed E-state index contributed by atoms with van der Waals surface area (Å²) >= 11 is 0. The molecule has 5 rings (SSSR count). The van der Waals surface area contributed by atoms with Crippen molar-refractivity contribution in [1.82, 2.24) is 19.8 Å². The number of H-pyrrole nitrogens is 1. The fraction of sp³-hybridized carbons (Fsp3) is 0.290. The number of alkyl halides is 3. The summed E-state index contributed by atoms with van der Waals surface area (Å²) < 4.78 is 52.1. The average Bonchev–Trinajstić information content (AvgIpc) is 3.33. The third-order valence-corrected chi connectivity index (χ3v) is 7.39.